The van der Waals surface area contributed by atoms with Gasteiger partial charge in [-0.25, -0.2) is 0 Å². The van der Waals surface area contributed by atoms with Gasteiger partial charge in [0.2, 0.25) is 0 Å². The Bertz CT molecular complexity index is 2100. The van der Waals surface area contributed by atoms with Crippen molar-refractivity contribution < 1.29 is 0 Å². The van der Waals surface area contributed by atoms with Gasteiger partial charge in [-0.2, -0.15) is 0 Å². The van der Waals surface area contributed by atoms with Crippen LogP contribution in [0.5, 0.6) is 0 Å². The fraction of sp³-hybridized carbons (Fsp3) is 0.318. The molecule has 0 unspecified atom stereocenters. The van der Waals surface area contributed by atoms with E-state index in [0.717, 1.165) is 23.7 Å². The molecule has 1 spiro atoms. The summed E-state index contributed by atoms with van der Waals surface area (Å²) in [5.41, 5.74) is 18.6. The van der Waals surface area contributed by atoms with E-state index in [2.05, 4.69) is 134 Å². The third-order valence-corrected chi connectivity index (χ3v) is 13.4. The number of benzene rings is 5. The molecule has 4 saturated carbocycles. The largest absolute Gasteiger partial charge is 0.311 e. The summed E-state index contributed by atoms with van der Waals surface area (Å²) in [4.78, 5) is 5.24. The summed E-state index contributed by atoms with van der Waals surface area (Å²) >= 11 is 0. The third-order valence-electron chi connectivity index (χ3n) is 13.4. The molecule has 3 heterocycles. The normalized spacial score (nSPS) is 26.8. The highest BCUT2D eigenvalue weighted by Crippen LogP contribution is 2.69. The lowest BCUT2D eigenvalue weighted by Crippen LogP contribution is -2.64. The molecular weight excluding hydrogens is 567 g/mol. The van der Waals surface area contributed by atoms with E-state index in [1.165, 1.54) is 93.7 Å². The van der Waals surface area contributed by atoms with Gasteiger partial charge in [-0.1, -0.05) is 86.1 Å². The molecule has 2 nitrogen and oxygen atoms in total. The van der Waals surface area contributed by atoms with E-state index in [9.17, 15) is 0 Å². The molecule has 0 N–H and O–H groups in total. The average molecular weight is 609 g/mol. The Labute approximate surface area is 279 Å². The summed E-state index contributed by atoms with van der Waals surface area (Å²) in [5.74, 6) is 3.87. The van der Waals surface area contributed by atoms with E-state index >= 15 is 0 Å². The minimum Gasteiger partial charge on any atom is -0.311 e. The van der Waals surface area contributed by atoms with Crippen LogP contribution in [-0.2, 0) is 5.41 Å². The van der Waals surface area contributed by atoms with Gasteiger partial charge in [0, 0.05) is 33.9 Å². The van der Waals surface area contributed by atoms with Gasteiger partial charge in [0.1, 0.15) is 0 Å². The summed E-state index contributed by atoms with van der Waals surface area (Å²) < 4.78 is 0. The number of fused-ring (bicyclic) bond motifs is 6. The summed E-state index contributed by atoms with van der Waals surface area (Å²) in [6.07, 6.45) is 7.10. The van der Waals surface area contributed by atoms with Gasteiger partial charge in [-0.05, 0) is 138 Å². The molecule has 7 aliphatic rings. The summed E-state index contributed by atoms with van der Waals surface area (Å²) in [6.45, 7) is 7.02. The van der Waals surface area contributed by atoms with E-state index in [0.29, 0.717) is 5.92 Å². The number of hydrogen-bond acceptors (Lipinski definition) is 2. The van der Waals surface area contributed by atoms with Gasteiger partial charge in [0.05, 0.1) is 5.69 Å². The minimum atomic E-state index is 0.120. The highest BCUT2D eigenvalue weighted by atomic mass is 15.2. The molecule has 47 heavy (non-hydrogen) atoms. The number of rotatable bonds is 2. The SMILES string of the molecule is Cc1ccc2c(c1)B1c3cccc4c3N(c3ccccc3C43C4CC5CC(C4)CC3C5)c3cccc(c31)N2c1ccc(C(C)C)cc1. The van der Waals surface area contributed by atoms with Crippen molar-refractivity contribution in [3.8, 4) is 0 Å². The first kappa shape index (κ1) is 26.8. The molecule has 0 aromatic heterocycles. The molecule has 3 aliphatic heterocycles. The van der Waals surface area contributed by atoms with E-state index in [1.807, 2.05) is 0 Å². The second-order valence-corrected chi connectivity index (χ2v) is 16.1. The Morgan fingerprint density at radius 2 is 1.28 bits per heavy atom. The number of nitrogens with zero attached hydrogens (tertiary/aromatic N) is 2. The fourth-order valence-corrected chi connectivity index (χ4v) is 11.9. The second kappa shape index (κ2) is 9.22. The first-order valence-electron chi connectivity index (χ1n) is 18.2. The lowest BCUT2D eigenvalue weighted by atomic mass is 9.32. The van der Waals surface area contributed by atoms with E-state index in [-0.39, 0.29) is 12.1 Å². The zero-order chi connectivity index (χ0) is 31.2. The maximum Gasteiger partial charge on any atom is 0.252 e. The zero-order valence-corrected chi connectivity index (χ0v) is 27.7. The van der Waals surface area contributed by atoms with Crippen LogP contribution in [0.1, 0.15) is 74.1 Å². The molecule has 12 rings (SSSR count). The van der Waals surface area contributed by atoms with Crippen molar-refractivity contribution in [1.82, 2.24) is 0 Å². The monoisotopic (exact) mass is 608 g/mol. The highest BCUT2D eigenvalue weighted by Gasteiger charge is 2.62. The van der Waals surface area contributed by atoms with Crippen molar-refractivity contribution >= 4 is 57.2 Å². The van der Waals surface area contributed by atoms with Gasteiger partial charge in [0.25, 0.3) is 6.71 Å². The number of hydrogen-bond donors (Lipinski definition) is 0. The maximum absolute atomic E-state index is 2.70. The number of para-hydroxylation sites is 2. The molecule has 4 aliphatic carbocycles. The Kier molecular flexibility index (Phi) is 5.26. The van der Waals surface area contributed by atoms with Crippen LogP contribution in [0.3, 0.4) is 0 Å². The second-order valence-electron chi connectivity index (χ2n) is 16.1. The van der Waals surface area contributed by atoms with Crippen molar-refractivity contribution in [3.63, 3.8) is 0 Å². The maximum atomic E-state index is 2.70. The minimum absolute atomic E-state index is 0.120. The van der Waals surface area contributed by atoms with Crippen LogP contribution in [0.4, 0.5) is 34.1 Å². The van der Waals surface area contributed by atoms with Gasteiger partial charge < -0.3 is 9.80 Å². The number of aryl methyl sites for hydroxylation is 1. The van der Waals surface area contributed by atoms with Crippen molar-refractivity contribution in [3.05, 3.63) is 125 Å². The van der Waals surface area contributed by atoms with Crippen molar-refractivity contribution in [2.24, 2.45) is 23.7 Å². The predicted molar refractivity (Wildman–Crippen MR) is 197 cm³/mol. The summed E-state index contributed by atoms with van der Waals surface area (Å²) in [7, 11) is 0. The Morgan fingerprint density at radius 1 is 0.617 bits per heavy atom. The molecule has 3 heteroatoms. The van der Waals surface area contributed by atoms with Crippen molar-refractivity contribution in [2.45, 2.75) is 64.2 Å². The standard InChI is InChI=1S/C44H41BN2/c1-26(2)30-15-17-33(18-16-30)46-39-19-14-27(3)20-37(39)45-36-10-6-9-35-43(36)47(41-13-7-12-40(46)42(41)45)38-11-5-4-8-34(38)44(35)31-22-28-21-29(24-31)25-32(44)23-28/h4-20,26,28-29,31-32H,21-25H2,1-3H3. The van der Waals surface area contributed by atoms with Crippen LogP contribution >= 0.6 is 0 Å². The Balaban J connectivity index is 1.21. The first-order chi connectivity index (χ1) is 23.0. The van der Waals surface area contributed by atoms with E-state index in [1.54, 1.807) is 11.1 Å². The first-order valence-corrected chi connectivity index (χ1v) is 18.2. The van der Waals surface area contributed by atoms with Gasteiger partial charge in [-0.3, -0.25) is 0 Å². The average Bonchev–Trinajstić information content (AvgIpc) is 3.08. The Hall–Kier alpha value is -4.24. The molecule has 0 amide bonds. The van der Waals surface area contributed by atoms with Crippen molar-refractivity contribution in [2.75, 3.05) is 9.80 Å². The fourth-order valence-electron chi connectivity index (χ4n) is 11.9. The van der Waals surface area contributed by atoms with Crippen LogP contribution in [0, 0.1) is 30.6 Å². The molecule has 4 bridgehead atoms. The molecule has 0 saturated heterocycles. The quantitative estimate of drug-likeness (QED) is 0.181. The smallest absolute Gasteiger partial charge is 0.252 e. The molecule has 0 atom stereocenters. The highest BCUT2D eigenvalue weighted by molar-refractivity contribution is 7.00. The molecule has 5 aromatic carbocycles. The van der Waals surface area contributed by atoms with E-state index in [4.69, 9.17) is 0 Å². The third kappa shape index (κ3) is 3.29. The summed E-state index contributed by atoms with van der Waals surface area (Å²) in [5, 5.41) is 0. The molecule has 230 valence electrons. The van der Waals surface area contributed by atoms with Crippen LogP contribution in [0.2, 0.25) is 0 Å². The lowest BCUT2D eigenvalue weighted by molar-refractivity contribution is -0.0419. The zero-order valence-electron chi connectivity index (χ0n) is 27.7. The van der Waals surface area contributed by atoms with Gasteiger partial charge in [-0.15, -0.1) is 0 Å². The Morgan fingerprint density at radius 3 is 2.02 bits per heavy atom. The van der Waals surface area contributed by atoms with Crippen LogP contribution in [0.25, 0.3) is 0 Å². The lowest BCUT2D eigenvalue weighted by Gasteiger charge is -2.64. The van der Waals surface area contributed by atoms with E-state index < -0.39 is 0 Å². The van der Waals surface area contributed by atoms with Gasteiger partial charge >= 0.3 is 0 Å². The molecule has 0 radical (unpaired) electrons. The summed E-state index contributed by atoms with van der Waals surface area (Å²) in [6, 6.07) is 40.6. The molecular formula is C44H41BN2. The van der Waals surface area contributed by atoms with Gasteiger partial charge in [0.15, 0.2) is 0 Å². The molecule has 5 aromatic rings. The van der Waals surface area contributed by atoms with Crippen LogP contribution < -0.4 is 26.2 Å². The molecule has 4 fully saturated rings. The van der Waals surface area contributed by atoms with Crippen molar-refractivity contribution in [1.29, 1.82) is 0 Å². The topological polar surface area (TPSA) is 6.48 Å². The van der Waals surface area contributed by atoms with Crippen LogP contribution in [0.15, 0.2) is 103 Å². The van der Waals surface area contributed by atoms with Crippen LogP contribution in [-0.4, -0.2) is 6.71 Å². The number of anilines is 6. The predicted octanol–water partition coefficient (Wildman–Crippen LogP) is 9.26.